The molecule has 12 heavy (non-hydrogen) atoms. The Bertz CT molecular complexity index is 226. The summed E-state index contributed by atoms with van der Waals surface area (Å²) in [5.41, 5.74) is 0. The Kier molecular flexibility index (Phi) is 4.14. The Morgan fingerprint density at radius 1 is 1.08 bits per heavy atom. The van der Waals surface area contributed by atoms with Crippen LogP contribution < -0.4 is 4.57 Å². The highest BCUT2D eigenvalue weighted by molar-refractivity contribution is 4.84. The molecule has 0 aliphatic rings. The molecule has 1 nitrogen and oxygen atoms in total. The Balaban J connectivity index is 2.29. The van der Waals surface area contributed by atoms with Crippen molar-refractivity contribution in [3.8, 4) is 0 Å². The van der Waals surface area contributed by atoms with E-state index in [0.29, 0.717) is 0 Å². The fourth-order valence-corrected chi connectivity index (χ4v) is 1.09. The molecule has 0 atom stereocenters. The predicted octanol–water partition coefficient (Wildman–Crippen LogP) is 2.33. The molecule has 0 fully saturated rings. The van der Waals surface area contributed by atoms with Crippen molar-refractivity contribution in [3.63, 3.8) is 0 Å². The van der Waals surface area contributed by atoms with Gasteiger partial charge in [0.1, 0.15) is 0 Å². The minimum absolute atomic E-state index is 1.08. The Morgan fingerprint density at radius 3 is 2.50 bits per heavy atom. The minimum atomic E-state index is 1.08. The maximum absolute atomic E-state index is 2.24. The molecule has 0 N–H and O–H groups in total. The van der Waals surface area contributed by atoms with Crippen molar-refractivity contribution >= 4 is 0 Å². The van der Waals surface area contributed by atoms with Gasteiger partial charge < -0.3 is 0 Å². The molecule has 0 spiro atoms. The molecule has 1 heteroatoms. The lowest BCUT2D eigenvalue weighted by Crippen LogP contribution is -2.31. The van der Waals surface area contributed by atoms with Crippen molar-refractivity contribution in [1.82, 2.24) is 0 Å². The molecule has 1 rings (SSSR count). The van der Waals surface area contributed by atoms with E-state index in [4.69, 9.17) is 0 Å². The van der Waals surface area contributed by atoms with Crippen molar-refractivity contribution in [2.24, 2.45) is 0 Å². The van der Waals surface area contributed by atoms with E-state index in [0.717, 1.165) is 19.4 Å². The average Bonchev–Trinajstić information content (AvgIpc) is 2.14. The van der Waals surface area contributed by atoms with Crippen LogP contribution in [-0.4, -0.2) is 0 Å². The summed E-state index contributed by atoms with van der Waals surface area (Å²) in [6.45, 7) is 3.24. The lowest BCUT2D eigenvalue weighted by atomic mass is 10.3. The van der Waals surface area contributed by atoms with Crippen LogP contribution in [-0.2, 0) is 6.54 Å². The van der Waals surface area contributed by atoms with Gasteiger partial charge in [0.2, 0.25) is 0 Å². The van der Waals surface area contributed by atoms with Crippen molar-refractivity contribution in [2.75, 3.05) is 0 Å². The zero-order valence-corrected chi connectivity index (χ0v) is 7.61. The lowest BCUT2D eigenvalue weighted by molar-refractivity contribution is -0.696. The van der Waals surface area contributed by atoms with E-state index in [1.165, 1.54) is 0 Å². The van der Waals surface area contributed by atoms with E-state index < -0.39 is 0 Å². The van der Waals surface area contributed by atoms with E-state index in [-0.39, 0.29) is 0 Å². The molecule has 1 heterocycles. The molecule has 1 aromatic heterocycles. The molecule has 1 aromatic rings. The van der Waals surface area contributed by atoms with Crippen LogP contribution in [0.3, 0.4) is 0 Å². The third kappa shape index (κ3) is 3.33. The average molecular weight is 162 g/mol. The first-order chi connectivity index (χ1) is 5.93. The van der Waals surface area contributed by atoms with E-state index >= 15 is 0 Å². The van der Waals surface area contributed by atoms with Crippen LogP contribution in [0.4, 0.5) is 0 Å². The number of nitrogens with zero attached hydrogens (tertiary/aromatic N) is 1. The molecular formula is C11H16N+. The van der Waals surface area contributed by atoms with E-state index in [1.807, 2.05) is 6.07 Å². The van der Waals surface area contributed by atoms with Gasteiger partial charge in [-0.2, -0.15) is 0 Å². The predicted molar refractivity (Wildman–Crippen MR) is 50.7 cm³/mol. The highest BCUT2D eigenvalue weighted by atomic mass is 14.9. The Labute approximate surface area is 74.4 Å². The summed E-state index contributed by atoms with van der Waals surface area (Å²) in [5, 5.41) is 0. The molecule has 0 saturated heterocycles. The fourth-order valence-electron chi connectivity index (χ4n) is 1.09. The van der Waals surface area contributed by atoms with Gasteiger partial charge in [0.15, 0.2) is 18.9 Å². The smallest absolute Gasteiger partial charge is 0.168 e. The first kappa shape index (κ1) is 8.98. The standard InChI is InChI=1S/C11H16N/c1-2-3-4-6-9-12-10-7-5-8-11-12/h3-5,7-8,10-11H,2,6,9H2,1H3/q+1. The molecule has 0 aliphatic heterocycles. The summed E-state index contributed by atoms with van der Waals surface area (Å²) < 4.78 is 2.19. The fraction of sp³-hybridized carbons (Fsp3) is 0.364. The normalized spacial score (nSPS) is 10.8. The van der Waals surface area contributed by atoms with Crippen molar-refractivity contribution in [3.05, 3.63) is 42.7 Å². The van der Waals surface area contributed by atoms with Gasteiger partial charge in [-0.3, -0.25) is 0 Å². The lowest BCUT2D eigenvalue weighted by Gasteiger charge is -1.90. The van der Waals surface area contributed by atoms with Gasteiger partial charge in [0.05, 0.1) is 0 Å². The second kappa shape index (κ2) is 5.53. The van der Waals surface area contributed by atoms with Crippen LogP contribution in [0.2, 0.25) is 0 Å². The molecule has 0 aliphatic carbocycles. The molecule has 0 unspecified atom stereocenters. The summed E-state index contributed by atoms with van der Waals surface area (Å²) in [7, 11) is 0. The first-order valence-electron chi connectivity index (χ1n) is 4.52. The molecule has 0 amide bonds. The number of hydrogen-bond donors (Lipinski definition) is 0. The largest absolute Gasteiger partial charge is 0.205 e. The highest BCUT2D eigenvalue weighted by Gasteiger charge is 1.92. The van der Waals surface area contributed by atoms with Crippen LogP contribution in [0.1, 0.15) is 19.8 Å². The maximum Gasteiger partial charge on any atom is 0.168 e. The van der Waals surface area contributed by atoms with Crippen LogP contribution >= 0.6 is 0 Å². The van der Waals surface area contributed by atoms with E-state index in [1.54, 1.807) is 0 Å². The zero-order valence-electron chi connectivity index (χ0n) is 7.61. The Hall–Kier alpha value is -1.11. The molecule has 0 aromatic carbocycles. The van der Waals surface area contributed by atoms with Gasteiger partial charge in [0.25, 0.3) is 0 Å². The number of rotatable bonds is 4. The van der Waals surface area contributed by atoms with Crippen molar-refractivity contribution in [2.45, 2.75) is 26.3 Å². The van der Waals surface area contributed by atoms with Crippen LogP contribution in [0, 0.1) is 0 Å². The SMILES string of the molecule is CCC=CCC[n+]1ccccc1. The van der Waals surface area contributed by atoms with Crippen LogP contribution in [0.25, 0.3) is 0 Å². The summed E-state index contributed by atoms with van der Waals surface area (Å²) in [5.74, 6) is 0. The van der Waals surface area contributed by atoms with E-state index in [2.05, 4.69) is 48.2 Å². The maximum atomic E-state index is 2.24. The van der Waals surface area contributed by atoms with Crippen molar-refractivity contribution in [1.29, 1.82) is 0 Å². The van der Waals surface area contributed by atoms with Crippen molar-refractivity contribution < 1.29 is 4.57 Å². The summed E-state index contributed by atoms with van der Waals surface area (Å²) in [6.07, 6.45) is 10.9. The second-order valence-electron chi connectivity index (χ2n) is 2.78. The highest BCUT2D eigenvalue weighted by Crippen LogP contribution is 1.86. The van der Waals surface area contributed by atoms with Crippen LogP contribution in [0.5, 0.6) is 0 Å². The third-order valence-corrected chi connectivity index (χ3v) is 1.73. The summed E-state index contributed by atoms with van der Waals surface area (Å²) in [4.78, 5) is 0. The Morgan fingerprint density at radius 2 is 1.83 bits per heavy atom. The number of allylic oxidation sites excluding steroid dienone is 2. The monoisotopic (exact) mass is 162 g/mol. The summed E-state index contributed by atoms with van der Waals surface area (Å²) >= 11 is 0. The van der Waals surface area contributed by atoms with Gasteiger partial charge in [-0.1, -0.05) is 25.1 Å². The van der Waals surface area contributed by atoms with Gasteiger partial charge in [0, 0.05) is 18.6 Å². The number of hydrogen-bond acceptors (Lipinski definition) is 0. The van der Waals surface area contributed by atoms with Gasteiger partial charge in [-0.25, -0.2) is 4.57 Å². The topological polar surface area (TPSA) is 3.88 Å². The zero-order chi connectivity index (χ0) is 8.65. The number of aromatic nitrogens is 1. The number of aryl methyl sites for hydroxylation is 1. The number of pyridine rings is 1. The second-order valence-corrected chi connectivity index (χ2v) is 2.78. The van der Waals surface area contributed by atoms with Gasteiger partial charge in [-0.05, 0) is 6.42 Å². The van der Waals surface area contributed by atoms with Gasteiger partial charge >= 0.3 is 0 Å². The van der Waals surface area contributed by atoms with E-state index in [9.17, 15) is 0 Å². The van der Waals surface area contributed by atoms with Gasteiger partial charge in [-0.15, -0.1) is 0 Å². The molecule has 0 radical (unpaired) electrons. The summed E-state index contributed by atoms with van der Waals surface area (Å²) in [6, 6.07) is 6.16. The van der Waals surface area contributed by atoms with Crippen LogP contribution in [0.15, 0.2) is 42.7 Å². The molecule has 0 bridgehead atoms. The molecular weight excluding hydrogens is 146 g/mol. The first-order valence-corrected chi connectivity index (χ1v) is 4.52. The minimum Gasteiger partial charge on any atom is -0.205 e. The third-order valence-electron chi connectivity index (χ3n) is 1.73. The molecule has 0 saturated carbocycles. The molecule has 64 valence electrons. The quantitative estimate of drug-likeness (QED) is 0.472.